The molecule has 1 nitrogen and oxygen atoms in total. The van der Waals surface area contributed by atoms with E-state index in [4.69, 9.17) is 27.6 Å². The zero-order valence-electron chi connectivity index (χ0n) is 8.51. The Labute approximate surface area is 112 Å². The molecule has 4 heteroatoms. The summed E-state index contributed by atoms with van der Waals surface area (Å²) in [6.07, 6.45) is 1.72. The minimum absolute atomic E-state index is 0.0229. The predicted molar refractivity (Wildman–Crippen MR) is 70.7 cm³/mol. The molecule has 0 bridgehead atoms. The standard InChI is InChI=1S/C12H9BrCl2O/c1-7-4-8(6-16-7)12(13)10-3-2-9(14)5-11(10)15/h2-6,12H,1H3. The van der Waals surface area contributed by atoms with Gasteiger partial charge in [0, 0.05) is 15.6 Å². The van der Waals surface area contributed by atoms with Crippen LogP contribution in [-0.4, -0.2) is 0 Å². The number of furan rings is 1. The van der Waals surface area contributed by atoms with E-state index in [0.29, 0.717) is 10.0 Å². The molecular weight excluding hydrogens is 311 g/mol. The van der Waals surface area contributed by atoms with Crippen molar-refractivity contribution < 1.29 is 4.42 Å². The van der Waals surface area contributed by atoms with E-state index >= 15 is 0 Å². The van der Waals surface area contributed by atoms with Gasteiger partial charge in [-0.1, -0.05) is 45.2 Å². The minimum Gasteiger partial charge on any atom is -0.469 e. The third-order valence-electron chi connectivity index (χ3n) is 2.28. The van der Waals surface area contributed by atoms with E-state index in [1.54, 1.807) is 12.3 Å². The summed E-state index contributed by atoms with van der Waals surface area (Å²) in [7, 11) is 0. The number of aryl methyl sites for hydroxylation is 1. The molecule has 0 saturated carbocycles. The summed E-state index contributed by atoms with van der Waals surface area (Å²) in [6, 6.07) is 7.44. The van der Waals surface area contributed by atoms with E-state index in [9.17, 15) is 0 Å². The molecule has 0 N–H and O–H groups in total. The van der Waals surface area contributed by atoms with Crippen LogP contribution in [0.5, 0.6) is 0 Å². The normalized spacial score (nSPS) is 12.8. The first kappa shape index (κ1) is 12.0. The second-order valence-electron chi connectivity index (χ2n) is 3.52. The molecule has 2 rings (SSSR count). The van der Waals surface area contributed by atoms with E-state index in [-0.39, 0.29) is 4.83 Å². The summed E-state index contributed by atoms with van der Waals surface area (Å²) in [5, 5.41) is 1.28. The Morgan fingerprint density at radius 3 is 2.56 bits per heavy atom. The molecule has 1 aromatic carbocycles. The maximum atomic E-state index is 6.14. The lowest BCUT2D eigenvalue weighted by atomic mass is 10.1. The summed E-state index contributed by atoms with van der Waals surface area (Å²) in [5.74, 6) is 0.879. The van der Waals surface area contributed by atoms with Gasteiger partial charge in [0.1, 0.15) is 5.76 Å². The van der Waals surface area contributed by atoms with Gasteiger partial charge in [0.2, 0.25) is 0 Å². The Hall–Kier alpha value is -0.440. The van der Waals surface area contributed by atoms with E-state index in [1.807, 2.05) is 25.1 Å². The topological polar surface area (TPSA) is 13.1 Å². The van der Waals surface area contributed by atoms with Crippen LogP contribution in [0.2, 0.25) is 10.0 Å². The third-order valence-corrected chi connectivity index (χ3v) is 3.86. The first-order chi connectivity index (χ1) is 7.58. The zero-order valence-corrected chi connectivity index (χ0v) is 11.6. The Morgan fingerprint density at radius 2 is 2.00 bits per heavy atom. The van der Waals surface area contributed by atoms with Crippen LogP contribution in [0.25, 0.3) is 0 Å². The van der Waals surface area contributed by atoms with Crippen molar-refractivity contribution in [2.75, 3.05) is 0 Å². The zero-order chi connectivity index (χ0) is 11.7. The monoisotopic (exact) mass is 318 g/mol. The molecule has 1 heterocycles. The van der Waals surface area contributed by atoms with Crippen LogP contribution in [0, 0.1) is 6.92 Å². The molecule has 1 atom stereocenters. The summed E-state index contributed by atoms with van der Waals surface area (Å²) >= 11 is 15.6. The molecule has 0 aliphatic rings. The van der Waals surface area contributed by atoms with Crippen LogP contribution in [0.1, 0.15) is 21.7 Å². The molecule has 0 aliphatic heterocycles. The Balaban J connectivity index is 2.37. The number of benzene rings is 1. The van der Waals surface area contributed by atoms with Gasteiger partial charge in [-0.15, -0.1) is 0 Å². The first-order valence-electron chi connectivity index (χ1n) is 4.72. The van der Waals surface area contributed by atoms with Crippen molar-refractivity contribution in [1.82, 2.24) is 0 Å². The van der Waals surface area contributed by atoms with Crippen LogP contribution in [-0.2, 0) is 0 Å². The van der Waals surface area contributed by atoms with Gasteiger partial charge in [-0.2, -0.15) is 0 Å². The Morgan fingerprint density at radius 1 is 1.25 bits per heavy atom. The Kier molecular flexibility index (Phi) is 3.63. The van der Waals surface area contributed by atoms with E-state index < -0.39 is 0 Å². The fourth-order valence-corrected chi connectivity index (χ4v) is 2.77. The Bertz CT molecular complexity index is 507. The van der Waals surface area contributed by atoms with Crippen LogP contribution in [0.3, 0.4) is 0 Å². The number of hydrogen-bond donors (Lipinski definition) is 0. The van der Waals surface area contributed by atoms with Gasteiger partial charge >= 0.3 is 0 Å². The fraction of sp³-hybridized carbons (Fsp3) is 0.167. The molecular formula is C12H9BrCl2O. The molecule has 0 fully saturated rings. The molecule has 1 aromatic heterocycles. The number of rotatable bonds is 2. The van der Waals surface area contributed by atoms with Crippen molar-refractivity contribution in [2.45, 2.75) is 11.8 Å². The molecule has 0 saturated heterocycles. The highest BCUT2D eigenvalue weighted by Gasteiger charge is 2.15. The van der Waals surface area contributed by atoms with Crippen LogP contribution in [0.4, 0.5) is 0 Å². The summed E-state index contributed by atoms with van der Waals surface area (Å²) in [4.78, 5) is 0.0229. The minimum atomic E-state index is 0.0229. The van der Waals surface area contributed by atoms with Gasteiger partial charge in [-0.3, -0.25) is 0 Å². The molecule has 0 radical (unpaired) electrons. The van der Waals surface area contributed by atoms with Gasteiger partial charge < -0.3 is 4.42 Å². The van der Waals surface area contributed by atoms with Gasteiger partial charge in [0.25, 0.3) is 0 Å². The van der Waals surface area contributed by atoms with Gasteiger partial charge in [-0.25, -0.2) is 0 Å². The average molecular weight is 320 g/mol. The molecule has 0 spiro atoms. The van der Waals surface area contributed by atoms with E-state index in [2.05, 4.69) is 15.9 Å². The number of halogens is 3. The maximum absolute atomic E-state index is 6.14. The van der Waals surface area contributed by atoms with Crippen molar-refractivity contribution in [2.24, 2.45) is 0 Å². The molecule has 0 amide bonds. The summed E-state index contributed by atoms with van der Waals surface area (Å²) in [6.45, 7) is 1.91. The molecule has 84 valence electrons. The SMILES string of the molecule is Cc1cc(C(Br)c2ccc(Cl)cc2Cl)co1. The fourth-order valence-electron chi connectivity index (χ4n) is 1.48. The van der Waals surface area contributed by atoms with Crippen molar-refractivity contribution in [3.05, 3.63) is 57.5 Å². The molecule has 0 aliphatic carbocycles. The molecule has 16 heavy (non-hydrogen) atoms. The number of hydrogen-bond acceptors (Lipinski definition) is 1. The maximum Gasteiger partial charge on any atom is 0.101 e. The smallest absolute Gasteiger partial charge is 0.101 e. The van der Waals surface area contributed by atoms with E-state index in [1.165, 1.54) is 0 Å². The summed E-state index contributed by atoms with van der Waals surface area (Å²) < 4.78 is 5.27. The van der Waals surface area contributed by atoms with Crippen molar-refractivity contribution in [3.8, 4) is 0 Å². The lowest BCUT2D eigenvalue weighted by Crippen LogP contribution is -1.91. The van der Waals surface area contributed by atoms with Crippen molar-refractivity contribution >= 4 is 39.1 Å². The van der Waals surface area contributed by atoms with Crippen LogP contribution >= 0.6 is 39.1 Å². The molecule has 1 unspecified atom stereocenters. The number of alkyl halides is 1. The largest absolute Gasteiger partial charge is 0.469 e. The second kappa shape index (κ2) is 4.82. The van der Waals surface area contributed by atoms with Gasteiger partial charge in [0.15, 0.2) is 0 Å². The average Bonchev–Trinajstić information content (AvgIpc) is 2.64. The quantitative estimate of drug-likeness (QED) is 0.677. The molecule has 2 aromatic rings. The highest BCUT2D eigenvalue weighted by Crippen LogP contribution is 2.36. The van der Waals surface area contributed by atoms with Crippen molar-refractivity contribution in [1.29, 1.82) is 0 Å². The van der Waals surface area contributed by atoms with Gasteiger partial charge in [-0.05, 0) is 30.7 Å². The van der Waals surface area contributed by atoms with Crippen molar-refractivity contribution in [3.63, 3.8) is 0 Å². The third kappa shape index (κ3) is 2.45. The lowest BCUT2D eigenvalue weighted by molar-refractivity contribution is 0.532. The van der Waals surface area contributed by atoms with E-state index in [0.717, 1.165) is 16.9 Å². The van der Waals surface area contributed by atoms with Crippen LogP contribution < -0.4 is 0 Å². The lowest BCUT2D eigenvalue weighted by Gasteiger charge is -2.10. The first-order valence-corrected chi connectivity index (χ1v) is 6.39. The van der Waals surface area contributed by atoms with Crippen LogP contribution in [0.15, 0.2) is 34.9 Å². The highest BCUT2D eigenvalue weighted by molar-refractivity contribution is 9.09. The summed E-state index contributed by atoms with van der Waals surface area (Å²) in [5.41, 5.74) is 2.02. The van der Waals surface area contributed by atoms with Gasteiger partial charge in [0.05, 0.1) is 11.1 Å². The second-order valence-corrected chi connectivity index (χ2v) is 5.28. The predicted octanol–water partition coefficient (Wildman–Crippen LogP) is 5.38. The highest BCUT2D eigenvalue weighted by atomic mass is 79.9.